The van der Waals surface area contributed by atoms with Crippen LogP contribution >= 0.6 is 0 Å². The summed E-state index contributed by atoms with van der Waals surface area (Å²) >= 11 is 0. The number of nitrogens with zero attached hydrogens (tertiary/aromatic N) is 2. The molecule has 0 saturated carbocycles. The van der Waals surface area contributed by atoms with Crippen LogP contribution in [0.1, 0.15) is 6.92 Å². The lowest BCUT2D eigenvalue weighted by molar-refractivity contribution is -0.121. The van der Waals surface area contributed by atoms with Crippen molar-refractivity contribution < 1.29 is 19.1 Å². The van der Waals surface area contributed by atoms with Gasteiger partial charge in [0.15, 0.2) is 0 Å². The van der Waals surface area contributed by atoms with Gasteiger partial charge in [0, 0.05) is 6.54 Å². The third-order valence-corrected chi connectivity index (χ3v) is 4.41. The Morgan fingerprint density at radius 1 is 1.08 bits per heavy atom. The molecule has 2 aromatic carbocycles. The summed E-state index contributed by atoms with van der Waals surface area (Å²) in [5.41, 5.74) is 1.47. The van der Waals surface area contributed by atoms with Crippen molar-refractivity contribution in [2.24, 2.45) is 5.92 Å². The summed E-state index contributed by atoms with van der Waals surface area (Å²) in [7, 11) is 1.61. The van der Waals surface area contributed by atoms with Gasteiger partial charge in [-0.3, -0.25) is 9.59 Å². The van der Waals surface area contributed by atoms with Crippen LogP contribution in [0.5, 0.6) is 11.5 Å². The molecule has 1 aliphatic rings. The van der Waals surface area contributed by atoms with Crippen molar-refractivity contribution in [3.05, 3.63) is 48.5 Å². The molecule has 1 unspecified atom stereocenters. The number of anilines is 2. The SMILES string of the molecule is COc1ccc(OCCN2C(=O)C(C)CN(C=O)c3ccccc32)cc1. The third-order valence-electron chi connectivity index (χ3n) is 4.41. The first kappa shape index (κ1) is 17.8. The minimum absolute atomic E-state index is 0.0138. The number of hydrogen-bond acceptors (Lipinski definition) is 4. The second-order valence-electron chi connectivity index (χ2n) is 6.16. The molecule has 0 bridgehead atoms. The van der Waals surface area contributed by atoms with Crippen LogP contribution < -0.4 is 19.3 Å². The summed E-state index contributed by atoms with van der Waals surface area (Å²) in [5.74, 6) is 1.18. The fraction of sp³-hybridized carbons (Fsp3) is 0.300. The van der Waals surface area contributed by atoms with Crippen molar-refractivity contribution in [1.82, 2.24) is 0 Å². The van der Waals surface area contributed by atoms with Crippen molar-refractivity contribution in [3.63, 3.8) is 0 Å². The van der Waals surface area contributed by atoms with E-state index in [0.717, 1.165) is 23.5 Å². The molecule has 0 spiro atoms. The molecule has 0 aliphatic carbocycles. The van der Waals surface area contributed by atoms with Gasteiger partial charge < -0.3 is 19.3 Å². The van der Waals surface area contributed by atoms with Crippen LogP contribution in [-0.4, -0.2) is 39.1 Å². The second-order valence-corrected chi connectivity index (χ2v) is 6.16. The number of ether oxygens (including phenoxy) is 2. The molecule has 0 N–H and O–H groups in total. The Balaban J connectivity index is 1.75. The Morgan fingerprint density at radius 2 is 1.73 bits per heavy atom. The molecule has 1 atom stereocenters. The maximum absolute atomic E-state index is 12.8. The van der Waals surface area contributed by atoms with E-state index in [0.29, 0.717) is 25.4 Å². The molecule has 6 heteroatoms. The van der Waals surface area contributed by atoms with Gasteiger partial charge in [0.05, 0.1) is 30.9 Å². The number of rotatable bonds is 6. The molecule has 0 aromatic heterocycles. The van der Waals surface area contributed by atoms with Crippen molar-refractivity contribution in [2.45, 2.75) is 6.92 Å². The molecule has 6 nitrogen and oxygen atoms in total. The fourth-order valence-electron chi connectivity index (χ4n) is 3.05. The van der Waals surface area contributed by atoms with Gasteiger partial charge in [-0.2, -0.15) is 0 Å². The zero-order valence-electron chi connectivity index (χ0n) is 14.9. The fourth-order valence-corrected chi connectivity index (χ4v) is 3.05. The van der Waals surface area contributed by atoms with E-state index in [4.69, 9.17) is 9.47 Å². The summed E-state index contributed by atoms with van der Waals surface area (Å²) in [5, 5.41) is 0. The molecular weight excluding hydrogens is 332 g/mol. The lowest BCUT2D eigenvalue weighted by Crippen LogP contribution is -2.38. The topological polar surface area (TPSA) is 59.1 Å². The largest absolute Gasteiger partial charge is 0.497 e. The predicted octanol–water partition coefficient (Wildman–Crippen LogP) is 2.72. The molecule has 0 radical (unpaired) electrons. The van der Waals surface area contributed by atoms with Crippen molar-refractivity contribution in [1.29, 1.82) is 0 Å². The molecule has 1 aliphatic heterocycles. The van der Waals surface area contributed by atoms with E-state index < -0.39 is 0 Å². The van der Waals surface area contributed by atoms with Crippen LogP contribution in [-0.2, 0) is 9.59 Å². The number of carbonyl (C=O) groups excluding carboxylic acids is 2. The first-order valence-corrected chi connectivity index (χ1v) is 8.53. The van der Waals surface area contributed by atoms with Gasteiger partial charge in [-0.15, -0.1) is 0 Å². The van der Waals surface area contributed by atoms with E-state index in [-0.39, 0.29) is 11.8 Å². The Morgan fingerprint density at radius 3 is 2.38 bits per heavy atom. The molecular formula is C20H22N2O4. The maximum Gasteiger partial charge on any atom is 0.231 e. The van der Waals surface area contributed by atoms with Crippen molar-refractivity contribution in [2.75, 3.05) is 36.6 Å². The first-order valence-electron chi connectivity index (χ1n) is 8.53. The molecule has 0 fully saturated rings. The minimum Gasteiger partial charge on any atom is -0.497 e. The predicted molar refractivity (Wildman–Crippen MR) is 99.9 cm³/mol. The van der Waals surface area contributed by atoms with Gasteiger partial charge in [0.2, 0.25) is 12.3 Å². The third kappa shape index (κ3) is 3.64. The number of benzene rings is 2. The molecule has 136 valence electrons. The van der Waals surface area contributed by atoms with E-state index in [9.17, 15) is 9.59 Å². The highest BCUT2D eigenvalue weighted by Crippen LogP contribution is 2.33. The Kier molecular flexibility index (Phi) is 5.41. The number of amides is 2. The second kappa shape index (κ2) is 7.91. The van der Waals surface area contributed by atoms with Crippen molar-refractivity contribution in [3.8, 4) is 11.5 Å². The minimum atomic E-state index is -0.284. The van der Waals surface area contributed by atoms with Crippen LogP contribution in [0, 0.1) is 5.92 Å². The number of hydrogen-bond donors (Lipinski definition) is 0. The number of fused-ring (bicyclic) bond motifs is 1. The Labute approximate surface area is 152 Å². The van der Waals surface area contributed by atoms with E-state index >= 15 is 0 Å². The zero-order valence-corrected chi connectivity index (χ0v) is 14.9. The first-order chi connectivity index (χ1) is 12.6. The Hall–Kier alpha value is -3.02. The van der Waals surface area contributed by atoms with Crippen LogP contribution in [0.25, 0.3) is 0 Å². The molecule has 26 heavy (non-hydrogen) atoms. The highest BCUT2D eigenvalue weighted by Gasteiger charge is 2.30. The average Bonchev–Trinajstić information content (AvgIpc) is 2.78. The summed E-state index contributed by atoms with van der Waals surface area (Å²) in [6.45, 7) is 2.95. The van der Waals surface area contributed by atoms with E-state index in [1.54, 1.807) is 16.9 Å². The van der Waals surface area contributed by atoms with Gasteiger partial charge in [-0.1, -0.05) is 19.1 Å². The number of carbonyl (C=O) groups is 2. The number of methoxy groups -OCH3 is 1. The standard InChI is InChI=1S/C20H22N2O4/c1-15-13-21(14-23)18-5-3-4-6-19(18)22(20(15)24)11-12-26-17-9-7-16(25-2)8-10-17/h3-10,14-15H,11-13H2,1-2H3. The van der Waals surface area contributed by atoms with Crippen molar-refractivity contribution >= 4 is 23.7 Å². The molecule has 3 rings (SSSR count). The van der Waals surface area contributed by atoms with E-state index in [1.165, 1.54) is 0 Å². The lowest BCUT2D eigenvalue weighted by atomic mass is 10.1. The van der Waals surface area contributed by atoms with E-state index in [2.05, 4.69) is 0 Å². The smallest absolute Gasteiger partial charge is 0.231 e. The summed E-state index contributed by atoms with van der Waals surface area (Å²) in [4.78, 5) is 27.5. The van der Waals surface area contributed by atoms with Crippen LogP contribution in [0.3, 0.4) is 0 Å². The van der Waals surface area contributed by atoms with Crippen LogP contribution in [0.4, 0.5) is 11.4 Å². The maximum atomic E-state index is 12.8. The summed E-state index contributed by atoms with van der Waals surface area (Å²) in [6, 6.07) is 14.7. The molecule has 2 amide bonds. The van der Waals surface area contributed by atoms with Gasteiger partial charge in [-0.25, -0.2) is 0 Å². The summed E-state index contributed by atoms with van der Waals surface area (Å²) < 4.78 is 10.9. The lowest BCUT2D eigenvalue weighted by Gasteiger charge is -2.24. The van der Waals surface area contributed by atoms with Crippen LogP contribution in [0.15, 0.2) is 48.5 Å². The highest BCUT2D eigenvalue weighted by molar-refractivity contribution is 6.02. The Bertz CT molecular complexity index is 776. The van der Waals surface area contributed by atoms with Gasteiger partial charge in [-0.05, 0) is 36.4 Å². The molecule has 2 aromatic rings. The highest BCUT2D eigenvalue weighted by atomic mass is 16.5. The van der Waals surface area contributed by atoms with Gasteiger partial charge in [0.25, 0.3) is 0 Å². The van der Waals surface area contributed by atoms with Gasteiger partial charge >= 0.3 is 0 Å². The zero-order chi connectivity index (χ0) is 18.5. The molecule has 0 saturated heterocycles. The quantitative estimate of drug-likeness (QED) is 0.749. The van der Waals surface area contributed by atoms with Gasteiger partial charge in [0.1, 0.15) is 18.1 Å². The average molecular weight is 354 g/mol. The summed E-state index contributed by atoms with van der Waals surface area (Å²) in [6.07, 6.45) is 0.778. The number of para-hydroxylation sites is 2. The van der Waals surface area contributed by atoms with Crippen LogP contribution in [0.2, 0.25) is 0 Å². The van der Waals surface area contributed by atoms with E-state index in [1.807, 2.05) is 55.5 Å². The molecule has 1 heterocycles. The normalized spacial score (nSPS) is 16.7. The monoisotopic (exact) mass is 354 g/mol.